The Bertz CT molecular complexity index is 726. The summed E-state index contributed by atoms with van der Waals surface area (Å²) in [5.74, 6) is 5.00. The monoisotopic (exact) mass is 287 g/mol. The summed E-state index contributed by atoms with van der Waals surface area (Å²) >= 11 is 5.62. The number of hydrogen-bond donors (Lipinski definition) is 1. The zero-order chi connectivity index (χ0) is 14.4. The number of aromatic nitrogens is 1. The van der Waals surface area contributed by atoms with Crippen LogP contribution in [0.2, 0.25) is 5.02 Å². The molecule has 100 valence electrons. The molecule has 2 aromatic rings. The topological polar surface area (TPSA) is 59.2 Å². The largest absolute Gasteiger partial charge is 0.449 e. The molecule has 2 rings (SSSR count). The third kappa shape index (κ3) is 3.74. The molecule has 0 saturated heterocycles. The summed E-state index contributed by atoms with van der Waals surface area (Å²) in [4.78, 5) is 25.0. The van der Waals surface area contributed by atoms with Gasteiger partial charge in [0.1, 0.15) is 5.02 Å². The van der Waals surface area contributed by atoms with Crippen LogP contribution in [0.1, 0.15) is 15.9 Å². The smallest absolute Gasteiger partial charge is 0.340 e. The summed E-state index contributed by atoms with van der Waals surface area (Å²) < 4.78 is 4.95. The molecule has 0 amide bonds. The van der Waals surface area contributed by atoms with Gasteiger partial charge in [0.25, 0.3) is 5.56 Å². The number of aromatic amines is 1. The van der Waals surface area contributed by atoms with E-state index in [1.165, 1.54) is 12.3 Å². The molecule has 0 radical (unpaired) electrons. The van der Waals surface area contributed by atoms with E-state index in [0.29, 0.717) is 0 Å². The number of hydrogen-bond acceptors (Lipinski definition) is 3. The number of esters is 1. The summed E-state index contributed by atoms with van der Waals surface area (Å²) in [6, 6.07) is 10.6. The minimum absolute atomic E-state index is 0.0372. The number of H-pyrrole nitrogens is 1. The van der Waals surface area contributed by atoms with E-state index < -0.39 is 11.5 Å². The average molecular weight is 288 g/mol. The van der Waals surface area contributed by atoms with Crippen LogP contribution in [-0.2, 0) is 4.74 Å². The van der Waals surface area contributed by atoms with Gasteiger partial charge in [-0.25, -0.2) is 4.79 Å². The van der Waals surface area contributed by atoms with Crippen molar-refractivity contribution in [1.82, 2.24) is 4.98 Å². The van der Waals surface area contributed by atoms with Gasteiger partial charge in [-0.3, -0.25) is 4.79 Å². The molecule has 0 unspecified atom stereocenters. The highest BCUT2D eigenvalue weighted by Crippen LogP contribution is 2.05. The first kappa shape index (κ1) is 13.9. The van der Waals surface area contributed by atoms with E-state index in [9.17, 15) is 9.59 Å². The second-order valence-electron chi connectivity index (χ2n) is 3.81. The molecule has 1 aromatic carbocycles. The van der Waals surface area contributed by atoms with E-state index in [1.807, 2.05) is 30.3 Å². The molecule has 1 N–H and O–H groups in total. The Balaban J connectivity index is 1.94. The SMILES string of the molecule is O=C(OCC#Cc1ccccc1)c1c[nH]c(=O)c(Cl)c1. The first-order chi connectivity index (χ1) is 9.66. The van der Waals surface area contributed by atoms with Crippen molar-refractivity contribution < 1.29 is 9.53 Å². The molecule has 4 nitrogen and oxygen atoms in total. The average Bonchev–Trinajstić information content (AvgIpc) is 2.47. The summed E-state index contributed by atoms with van der Waals surface area (Å²) in [6.45, 7) is -0.0372. The molecule has 0 bridgehead atoms. The van der Waals surface area contributed by atoms with Crippen molar-refractivity contribution in [2.45, 2.75) is 0 Å². The van der Waals surface area contributed by atoms with E-state index in [-0.39, 0.29) is 17.2 Å². The second-order valence-corrected chi connectivity index (χ2v) is 4.22. The van der Waals surface area contributed by atoms with Crippen molar-refractivity contribution in [3.63, 3.8) is 0 Å². The normalized spacial score (nSPS) is 9.45. The molecule has 1 heterocycles. The van der Waals surface area contributed by atoms with Gasteiger partial charge in [0.2, 0.25) is 0 Å². The molecule has 0 aliphatic heterocycles. The maximum atomic E-state index is 11.6. The van der Waals surface area contributed by atoms with Gasteiger partial charge in [-0.2, -0.15) is 0 Å². The number of rotatable bonds is 2. The quantitative estimate of drug-likeness (QED) is 0.681. The van der Waals surface area contributed by atoms with Crippen LogP contribution in [0, 0.1) is 11.8 Å². The highest BCUT2D eigenvalue weighted by atomic mass is 35.5. The molecule has 1 aromatic heterocycles. The van der Waals surface area contributed by atoms with Crippen LogP contribution in [0.25, 0.3) is 0 Å². The fourth-order valence-electron chi connectivity index (χ4n) is 1.42. The minimum Gasteiger partial charge on any atom is -0.449 e. The Morgan fingerprint density at radius 1 is 1.30 bits per heavy atom. The lowest BCUT2D eigenvalue weighted by atomic mass is 10.2. The lowest BCUT2D eigenvalue weighted by Gasteiger charge is -2.00. The third-order valence-corrected chi connectivity index (χ3v) is 2.66. The lowest BCUT2D eigenvalue weighted by Crippen LogP contribution is -2.11. The molecule has 0 saturated carbocycles. The molecule has 0 atom stereocenters. The second kappa shape index (κ2) is 6.60. The standard InChI is InChI=1S/C15H10ClNO3/c16-13-9-12(10-17-14(13)18)15(19)20-8-4-7-11-5-2-1-3-6-11/h1-3,5-6,9-10H,8H2,(H,17,18). The number of halogens is 1. The first-order valence-electron chi connectivity index (χ1n) is 5.76. The summed E-state index contributed by atoms with van der Waals surface area (Å²) in [6.07, 6.45) is 1.25. The molecule has 0 aliphatic carbocycles. The first-order valence-corrected chi connectivity index (χ1v) is 6.14. The summed E-state index contributed by atoms with van der Waals surface area (Å²) in [5.41, 5.74) is 0.568. The highest BCUT2D eigenvalue weighted by Gasteiger charge is 2.08. The van der Waals surface area contributed by atoms with Gasteiger partial charge in [0, 0.05) is 11.8 Å². The molecule has 0 fully saturated rings. The number of benzene rings is 1. The van der Waals surface area contributed by atoms with Crippen LogP contribution >= 0.6 is 11.6 Å². The van der Waals surface area contributed by atoms with E-state index in [4.69, 9.17) is 16.3 Å². The Hall–Kier alpha value is -2.51. The van der Waals surface area contributed by atoms with E-state index in [2.05, 4.69) is 16.8 Å². The van der Waals surface area contributed by atoms with Crippen LogP contribution in [0.4, 0.5) is 0 Å². The lowest BCUT2D eigenvalue weighted by molar-refractivity contribution is 0.0556. The van der Waals surface area contributed by atoms with Crippen molar-refractivity contribution >= 4 is 17.6 Å². The van der Waals surface area contributed by atoms with Gasteiger partial charge in [-0.05, 0) is 18.2 Å². The van der Waals surface area contributed by atoms with Crippen LogP contribution in [0.15, 0.2) is 47.4 Å². The van der Waals surface area contributed by atoms with Gasteiger partial charge < -0.3 is 9.72 Å². The van der Waals surface area contributed by atoms with Gasteiger partial charge in [0.15, 0.2) is 6.61 Å². The Kier molecular flexibility index (Phi) is 4.59. The van der Waals surface area contributed by atoms with Crippen molar-refractivity contribution in [2.24, 2.45) is 0 Å². The van der Waals surface area contributed by atoms with Crippen LogP contribution in [-0.4, -0.2) is 17.6 Å². The van der Waals surface area contributed by atoms with E-state index in [0.717, 1.165) is 5.56 Å². The molecular weight excluding hydrogens is 278 g/mol. The van der Waals surface area contributed by atoms with E-state index >= 15 is 0 Å². The van der Waals surface area contributed by atoms with Gasteiger partial charge in [-0.15, -0.1) is 0 Å². The maximum absolute atomic E-state index is 11.6. The van der Waals surface area contributed by atoms with Crippen LogP contribution in [0.3, 0.4) is 0 Å². The number of carbonyl (C=O) groups is 1. The predicted octanol–water partition coefficient (Wildman–Crippen LogP) is 2.24. The highest BCUT2D eigenvalue weighted by molar-refractivity contribution is 6.30. The number of nitrogens with one attached hydrogen (secondary N) is 1. The van der Waals surface area contributed by atoms with Gasteiger partial charge in [-0.1, -0.05) is 41.6 Å². The summed E-state index contributed by atoms with van der Waals surface area (Å²) in [5, 5.41) is -0.0604. The van der Waals surface area contributed by atoms with Crippen molar-refractivity contribution in [3.8, 4) is 11.8 Å². The molecule has 0 aliphatic rings. The molecule has 0 spiro atoms. The van der Waals surface area contributed by atoms with Crippen molar-refractivity contribution in [3.05, 3.63) is 69.1 Å². The van der Waals surface area contributed by atoms with Gasteiger partial charge in [0.05, 0.1) is 5.56 Å². The van der Waals surface area contributed by atoms with Crippen LogP contribution in [0.5, 0.6) is 0 Å². The zero-order valence-electron chi connectivity index (χ0n) is 10.4. The molecule has 20 heavy (non-hydrogen) atoms. The third-order valence-electron chi connectivity index (χ3n) is 2.38. The molecule has 5 heteroatoms. The minimum atomic E-state index is -0.592. The maximum Gasteiger partial charge on any atom is 0.340 e. The summed E-state index contributed by atoms with van der Waals surface area (Å²) in [7, 11) is 0. The van der Waals surface area contributed by atoms with Crippen LogP contribution < -0.4 is 5.56 Å². The predicted molar refractivity (Wildman–Crippen MR) is 75.7 cm³/mol. The fraction of sp³-hybridized carbons (Fsp3) is 0.0667. The Morgan fingerprint density at radius 3 is 2.75 bits per heavy atom. The van der Waals surface area contributed by atoms with Crippen molar-refractivity contribution in [1.29, 1.82) is 0 Å². The number of ether oxygens (including phenoxy) is 1. The number of carbonyl (C=O) groups excluding carboxylic acids is 1. The van der Waals surface area contributed by atoms with E-state index in [1.54, 1.807) is 0 Å². The molecular formula is C15H10ClNO3. The Morgan fingerprint density at radius 2 is 2.05 bits per heavy atom. The zero-order valence-corrected chi connectivity index (χ0v) is 11.1. The Labute approximate surface area is 120 Å². The number of pyridine rings is 1. The van der Waals surface area contributed by atoms with Crippen molar-refractivity contribution in [2.75, 3.05) is 6.61 Å². The fourth-order valence-corrected chi connectivity index (χ4v) is 1.59. The van der Waals surface area contributed by atoms with Gasteiger partial charge >= 0.3 is 5.97 Å².